The third-order valence-corrected chi connectivity index (χ3v) is 6.57. The minimum absolute atomic E-state index is 0.0642. The molecule has 8 heteroatoms. The highest BCUT2D eigenvalue weighted by atomic mass is 19.4. The van der Waals surface area contributed by atoms with Gasteiger partial charge in [0.15, 0.2) is 0 Å². The largest absolute Gasteiger partial charge is 0.416 e. The predicted molar refractivity (Wildman–Crippen MR) is 90.3 cm³/mol. The maximum Gasteiger partial charge on any atom is 0.416 e. The number of halogens is 6. The Hall–Kier alpha value is -1.73. The molecular formula is C20H21F6NO. The molecule has 0 aromatic heterocycles. The van der Waals surface area contributed by atoms with Crippen molar-refractivity contribution in [2.75, 3.05) is 5.32 Å². The lowest BCUT2D eigenvalue weighted by atomic mass is 9.49. The van der Waals surface area contributed by atoms with Crippen LogP contribution in [0.5, 0.6) is 0 Å². The Balaban J connectivity index is 1.53. The minimum atomic E-state index is -4.93. The number of nitrogens with one attached hydrogen (secondary N) is 1. The molecule has 0 aliphatic heterocycles. The van der Waals surface area contributed by atoms with Crippen LogP contribution in [0.4, 0.5) is 32.0 Å². The van der Waals surface area contributed by atoms with E-state index in [0.29, 0.717) is 29.9 Å². The first-order valence-electron chi connectivity index (χ1n) is 9.51. The lowest BCUT2D eigenvalue weighted by Crippen LogP contribution is -2.47. The third-order valence-electron chi connectivity index (χ3n) is 6.57. The summed E-state index contributed by atoms with van der Waals surface area (Å²) in [6.45, 7) is 0. The smallest absolute Gasteiger partial charge is 0.326 e. The molecule has 0 radical (unpaired) electrons. The fourth-order valence-electron chi connectivity index (χ4n) is 6.08. The molecule has 1 amide bonds. The van der Waals surface area contributed by atoms with E-state index in [1.165, 1.54) is 19.3 Å². The Bertz CT molecular complexity index is 714. The number of carbonyl (C=O) groups excluding carboxylic acids is 1. The van der Waals surface area contributed by atoms with Gasteiger partial charge in [0.25, 0.3) is 0 Å². The van der Waals surface area contributed by atoms with E-state index < -0.39 is 35.1 Å². The predicted octanol–water partition coefficient (Wildman–Crippen LogP) is 6.27. The monoisotopic (exact) mass is 405 g/mol. The Labute approximate surface area is 158 Å². The lowest BCUT2D eigenvalue weighted by molar-refractivity contribution is -0.143. The van der Waals surface area contributed by atoms with Crippen molar-refractivity contribution in [2.45, 2.75) is 57.3 Å². The molecule has 0 heterocycles. The van der Waals surface area contributed by atoms with Gasteiger partial charge in [0.05, 0.1) is 11.1 Å². The van der Waals surface area contributed by atoms with Crippen molar-refractivity contribution in [3.05, 3.63) is 29.3 Å². The van der Waals surface area contributed by atoms with E-state index in [9.17, 15) is 31.1 Å². The van der Waals surface area contributed by atoms with Gasteiger partial charge in [-0.1, -0.05) is 0 Å². The zero-order chi connectivity index (χ0) is 20.3. The molecule has 0 atom stereocenters. The van der Waals surface area contributed by atoms with Gasteiger partial charge in [-0.3, -0.25) is 4.79 Å². The average Bonchev–Trinajstić information content (AvgIpc) is 2.50. The van der Waals surface area contributed by atoms with E-state index >= 15 is 0 Å². The molecule has 0 unspecified atom stereocenters. The van der Waals surface area contributed by atoms with Gasteiger partial charge < -0.3 is 5.32 Å². The first-order valence-corrected chi connectivity index (χ1v) is 9.51. The second-order valence-electron chi connectivity index (χ2n) is 8.94. The zero-order valence-corrected chi connectivity index (χ0v) is 15.1. The first-order chi connectivity index (χ1) is 12.9. The van der Waals surface area contributed by atoms with Gasteiger partial charge >= 0.3 is 12.4 Å². The van der Waals surface area contributed by atoms with E-state index in [2.05, 4.69) is 5.32 Å². The van der Waals surface area contributed by atoms with Crippen LogP contribution in [0.25, 0.3) is 0 Å². The van der Waals surface area contributed by atoms with Crippen LogP contribution < -0.4 is 5.32 Å². The second-order valence-corrected chi connectivity index (χ2v) is 8.94. The summed E-state index contributed by atoms with van der Waals surface area (Å²) in [7, 11) is 0. The molecule has 154 valence electrons. The molecule has 0 saturated heterocycles. The van der Waals surface area contributed by atoms with E-state index in [1.807, 2.05) is 0 Å². The van der Waals surface area contributed by atoms with Crippen molar-refractivity contribution < 1.29 is 31.1 Å². The van der Waals surface area contributed by atoms with E-state index in [0.717, 1.165) is 19.3 Å². The fraction of sp³-hybridized carbons (Fsp3) is 0.650. The quantitative estimate of drug-likeness (QED) is 0.590. The number of hydrogen-bond donors (Lipinski definition) is 1. The molecule has 1 aromatic rings. The third kappa shape index (κ3) is 3.87. The van der Waals surface area contributed by atoms with Crippen molar-refractivity contribution in [3.63, 3.8) is 0 Å². The highest BCUT2D eigenvalue weighted by Gasteiger charge is 2.51. The Morgan fingerprint density at radius 1 is 0.857 bits per heavy atom. The molecule has 4 aliphatic rings. The van der Waals surface area contributed by atoms with Gasteiger partial charge in [-0.2, -0.15) is 26.3 Å². The molecule has 4 saturated carbocycles. The standard InChI is InChI=1S/C20H21F6NO/c21-19(22,23)14-4-15(20(24,25)26)6-16(5-14)27-17(28)10-18-7-11-1-12(8-18)3-13(2-11)9-18/h4-6,11-13H,1-3,7-10H2,(H,27,28). The minimum Gasteiger partial charge on any atom is -0.326 e. The van der Waals surface area contributed by atoms with Crippen LogP contribution in [0.15, 0.2) is 18.2 Å². The van der Waals surface area contributed by atoms with Gasteiger partial charge in [-0.25, -0.2) is 0 Å². The molecule has 28 heavy (non-hydrogen) atoms. The van der Waals surface area contributed by atoms with Crippen LogP contribution in [0.3, 0.4) is 0 Å². The lowest BCUT2D eigenvalue weighted by Gasteiger charge is -2.56. The van der Waals surface area contributed by atoms with Crippen LogP contribution in [-0.2, 0) is 17.1 Å². The number of alkyl halides is 6. The Kier molecular flexibility index (Phi) is 4.47. The molecule has 4 fully saturated rings. The van der Waals surface area contributed by atoms with Crippen molar-refractivity contribution in [1.82, 2.24) is 0 Å². The van der Waals surface area contributed by atoms with Crippen LogP contribution in [-0.4, -0.2) is 5.91 Å². The average molecular weight is 405 g/mol. The molecular weight excluding hydrogens is 384 g/mol. The number of benzene rings is 1. The summed E-state index contributed by atoms with van der Waals surface area (Å²) in [4.78, 5) is 12.5. The zero-order valence-electron chi connectivity index (χ0n) is 15.1. The van der Waals surface area contributed by atoms with Crippen LogP contribution in [0.2, 0.25) is 0 Å². The maximum atomic E-state index is 13.0. The SMILES string of the molecule is O=C(CC12CC3CC(CC(C3)C1)C2)Nc1cc(C(F)(F)F)cc(C(F)(F)F)c1. The number of carbonyl (C=O) groups is 1. The van der Waals surface area contributed by atoms with Crippen molar-refractivity contribution in [3.8, 4) is 0 Å². The molecule has 4 bridgehead atoms. The summed E-state index contributed by atoms with van der Waals surface area (Å²) in [5.41, 5.74) is -3.45. The van der Waals surface area contributed by atoms with Gasteiger partial charge in [-0.15, -0.1) is 0 Å². The number of hydrogen-bond acceptors (Lipinski definition) is 1. The molecule has 5 rings (SSSR count). The van der Waals surface area contributed by atoms with Gasteiger partial charge in [0, 0.05) is 12.1 Å². The van der Waals surface area contributed by atoms with Gasteiger partial charge in [0.1, 0.15) is 0 Å². The van der Waals surface area contributed by atoms with Gasteiger partial charge in [0.2, 0.25) is 5.91 Å². The van der Waals surface area contributed by atoms with E-state index in [1.54, 1.807) is 0 Å². The van der Waals surface area contributed by atoms with Crippen molar-refractivity contribution >= 4 is 11.6 Å². The fourth-order valence-corrected chi connectivity index (χ4v) is 6.08. The normalized spacial score (nSPS) is 31.9. The summed E-state index contributed by atoms with van der Waals surface area (Å²) < 4.78 is 77.9. The van der Waals surface area contributed by atoms with Crippen molar-refractivity contribution in [1.29, 1.82) is 0 Å². The first kappa shape index (κ1) is 19.6. The van der Waals surface area contributed by atoms with Crippen LogP contribution in [0, 0.1) is 23.2 Å². The summed E-state index contributed by atoms with van der Waals surface area (Å²) in [5, 5.41) is 2.30. The number of rotatable bonds is 3. The Morgan fingerprint density at radius 2 is 1.29 bits per heavy atom. The number of anilines is 1. The van der Waals surface area contributed by atoms with E-state index in [-0.39, 0.29) is 17.9 Å². The highest BCUT2D eigenvalue weighted by molar-refractivity contribution is 5.91. The second kappa shape index (κ2) is 6.39. The summed E-state index contributed by atoms with van der Waals surface area (Å²) in [6, 6.07) is 1.19. The van der Waals surface area contributed by atoms with Crippen LogP contribution >= 0.6 is 0 Å². The number of amides is 1. The molecule has 1 N–H and O–H groups in total. The van der Waals surface area contributed by atoms with Crippen LogP contribution in [0.1, 0.15) is 56.1 Å². The molecule has 4 aliphatic carbocycles. The summed E-state index contributed by atoms with van der Waals surface area (Å²) >= 11 is 0. The molecule has 1 aromatic carbocycles. The maximum absolute atomic E-state index is 13.0. The Morgan fingerprint density at radius 3 is 1.68 bits per heavy atom. The topological polar surface area (TPSA) is 29.1 Å². The summed E-state index contributed by atoms with van der Waals surface area (Å²) in [6.07, 6.45) is -3.35. The van der Waals surface area contributed by atoms with E-state index in [4.69, 9.17) is 0 Å². The van der Waals surface area contributed by atoms with Gasteiger partial charge in [-0.05, 0) is 79.9 Å². The van der Waals surface area contributed by atoms with Crippen molar-refractivity contribution in [2.24, 2.45) is 23.2 Å². The molecule has 0 spiro atoms. The molecule has 2 nitrogen and oxygen atoms in total. The summed E-state index contributed by atoms with van der Waals surface area (Å²) in [5.74, 6) is 1.30. The highest BCUT2D eigenvalue weighted by Crippen LogP contribution is 2.61.